The van der Waals surface area contributed by atoms with Crippen LogP contribution in [0.15, 0.2) is 297 Å². The highest BCUT2D eigenvalue weighted by Crippen LogP contribution is 2.47. The Hall–Kier alpha value is -10.9. The molecule has 0 fully saturated rings. The molecular weight excluding hydrogens is 999 g/mol. The molecule has 382 valence electrons. The van der Waals surface area contributed by atoms with Crippen LogP contribution in [-0.2, 0) is 0 Å². The first kappa shape index (κ1) is 45.9. The van der Waals surface area contributed by atoms with E-state index in [2.05, 4.69) is 302 Å². The van der Waals surface area contributed by atoms with Gasteiger partial charge in [0.2, 0.25) is 0 Å². The number of hydrogen-bond donors (Lipinski definition) is 0. The molecule has 0 aliphatic carbocycles. The van der Waals surface area contributed by atoms with Gasteiger partial charge < -0.3 is 4.57 Å². The van der Waals surface area contributed by atoms with Gasteiger partial charge in [-0.05, 0) is 207 Å². The van der Waals surface area contributed by atoms with Gasteiger partial charge in [0.15, 0.2) is 0 Å². The molecule has 0 bridgehead atoms. The van der Waals surface area contributed by atoms with Crippen molar-refractivity contribution in [3.05, 3.63) is 297 Å². The first-order valence-corrected chi connectivity index (χ1v) is 28.9. The summed E-state index contributed by atoms with van der Waals surface area (Å²) in [5.41, 5.74) is 13.2. The van der Waals surface area contributed by atoms with Gasteiger partial charge in [-0.25, -0.2) is 0 Å². The van der Waals surface area contributed by atoms with Crippen molar-refractivity contribution in [2.24, 2.45) is 0 Å². The first-order valence-electron chi connectivity index (χ1n) is 28.9. The first-order chi connectivity index (χ1) is 41.2. The average Bonchev–Trinajstić information content (AvgIpc) is 3.75. The van der Waals surface area contributed by atoms with E-state index in [-0.39, 0.29) is 0 Å². The van der Waals surface area contributed by atoms with E-state index >= 15 is 0 Å². The smallest absolute Gasteiger partial charge is 0.0547 e. The molecule has 0 radical (unpaired) electrons. The molecule has 83 heavy (non-hydrogen) atoms. The van der Waals surface area contributed by atoms with E-state index in [1.165, 1.54) is 174 Å². The molecule has 0 spiro atoms. The molecule has 0 N–H and O–H groups in total. The molecule has 18 aromatic rings. The van der Waals surface area contributed by atoms with E-state index in [0.717, 1.165) is 5.69 Å². The van der Waals surface area contributed by atoms with Gasteiger partial charge in [0.1, 0.15) is 0 Å². The van der Waals surface area contributed by atoms with E-state index in [4.69, 9.17) is 0 Å². The Morgan fingerprint density at radius 2 is 0.554 bits per heavy atom. The maximum Gasteiger partial charge on any atom is 0.0547 e. The zero-order chi connectivity index (χ0) is 54.3. The van der Waals surface area contributed by atoms with Crippen molar-refractivity contribution in [2.75, 3.05) is 0 Å². The van der Waals surface area contributed by atoms with Gasteiger partial charge in [-0.2, -0.15) is 0 Å². The normalized spacial score (nSPS) is 12.1. The summed E-state index contributed by atoms with van der Waals surface area (Å²) in [5.74, 6) is 0. The highest BCUT2D eigenvalue weighted by atomic mass is 15.0. The topological polar surface area (TPSA) is 4.93 Å². The van der Waals surface area contributed by atoms with E-state index in [1.54, 1.807) is 0 Å². The summed E-state index contributed by atoms with van der Waals surface area (Å²) < 4.78 is 2.46. The Kier molecular flexibility index (Phi) is 9.87. The molecule has 18 rings (SSSR count). The number of rotatable bonds is 5. The van der Waals surface area contributed by atoms with Crippen molar-refractivity contribution in [2.45, 2.75) is 0 Å². The minimum atomic E-state index is 1.14. The quantitative estimate of drug-likeness (QED) is 0.120. The Labute approximate surface area is 478 Å². The summed E-state index contributed by atoms with van der Waals surface area (Å²) in [6.45, 7) is 0. The molecule has 0 atom stereocenters. The lowest BCUT2D eigenvalue weighted by Gasteiger charge is -2.17. The predicted octanol–water partition coefficient (Wildman–Crippen LogP) is 23.0. The molecule has 1 heteroatoms. The predicted molar refractivity (Wildman–Crippen MR) is 358 cm³/mol. The van der Waals surface area contributed by atoms with Crippen molar-refractivity contribution < 1.29 is 0 Å². The van der Waals surface area contributed by atoms with Crippen LogP contribution in [0.5, 0.6) is 0 Å². The number of benzene rings is 17. The second-order valence-electron chi connectivity index (χ2n) is 22.6. The molecule has 0 saturated heterocycles. The monoisotopic (exact) mass is 1050 g/mol. The lowest BCUT2D eigenvalue weighted by atomic mass is 9.86. The molecule has 0 aliphatic rings. The van der Waals surface area contributed by atoms with Gasteiger partial charge >= 0.3 is 0 Å². The van der Waals surface area contributed by atoms with Gasteiger partial charge in [0.25, 0.3) is 0 Å². The zero-order valence-electron chi connectivity index (χ0n) is 45.2. The minimum Gasteiger partial charge on any atom is -0.309 e. The van der Waals surface area contributed by atoms with Crippen LogP contribution in [0.1, 0.15) is 0 Å². The largest absolute Gasteiger partial charge is 0.309 e. The van der Waals surface area contributed by atoms with Crippen molar-refractivity contribution in [3.8, 4) is 50.2 Å². The Morgan fingerprint density at radius 3 is 1.19 bits per heavy atom. The number of nitrogens with zero attached hydrogens (tertiary/aromatic N) is 1. The van der Waals surface area contributed by atoms with Gasteiger partial charge in [-0.3, -0.25) is 0 Å². The van der Waals surface area contributed by atoms with Crippen molar-refractivity contribution >= 4 is 130 Å². The van der Waals surface area contributed by atoms with Crippen molar-refractivity contribution in [1.82, 2.24) is 4.57 Å². The van der Waals surface area contributed by atoms with Crippen molar-refractivity contribution in [1.29, 1.82) is 0 Å². The van der Waals surface area contributed by atoms with Crippen LogP contribution in [0, 0.1) is 0 Å². The number of aromatic nitrogens is 1. The number of hydrogen-bond acceptors (Lipinski definition) is 0. The highest BCUT2D eigenvalue weighted by Gasteiger charge is 2.20. The summed E-state index contributed by atoms with van der Waals surface area (Å²) in [6, 6.07) is 111. The summed E-state index contributed by atoms with van der Waals surface area (Å²) in [5, 5.41) is 28.1. The fourth-order valence-corrected chi connectivity index (χ4v) is 14.5. The number of para-hydroxylation sites is 1. The lowest BCUT2D eigenvalue weighted by Crippen LogP contribution is -1.94. The maximum atomic E-state index is 2.46. The van der Waals surface area contributed by atoms with E-state index in [9.17, 15) is 0 Å². The summed E-state index contributed by atoms with van der Waals surface area (Å²) in [4.78, 5) is 0. The molecule has 0 saturated carbocycles. The summed E-state index contributed by atoms with van der Waals surface area (Å²) in [7, 11) is 0. The minimum absolute atomic E-state index is 1.14. The van der Waals surface area contributed by atoms with Crippen LogP contribution in [0.3, 0.4) is 0 Å². The summed E-state index contributed by atoms with van der Waals surface area (Å²) >= 11 is 0. The third-order valence-electron chi connectivity index (χ3n) is 18.3. The van der Waals surface area contributed by atoms with Gasteiger partial charge in [0, 0.05) is 16.5 Å². The molecule has 1 nitrogen and oxygen atoms in total. The standard InChI is InChI=1S/C82H49N/c1-3-17-51(18-4-1)72-48-76-62-24-10-9-23-61(62)74-45-58-43-54(35-36-55(58)44-75(74)82(76)69-29-15-12-26-64(69)72)57-39-41-67-66-40-38-56(46-78(66)83(79(67)47-57)59-20-5-2-6-21-59)50-31-33-53(34-32-50)73-49-77-65-27-13-16-30-70(65)80-60-22-8-7-19-52(60)37-42-71(80)81(77)68-28-14-11-25-63(68)73/h1-49H. The Morgan fingerprint density at radius 1 is 0.169 bits per heavy atom. The van der Waals surface area contributed by atoms with Crippen LogP contribution >= 0.6 is 0 Å². The third-order valence-corrected chi connectivity index (χ3v) is 18.3. The van der Waals surface area contributed by atoms with Gasteiger partial charge in [-0.15, -0.1) is 0 Å². The fraction of sp³-hybridized carbons (Fsp3) is 0. The van der Waals surface area contributed by atoms with Crippen LogP contribution in [-0.4, -0.2) is 4.57 Å². The highest BCUT2D eigenvalue weighted by molar-refractivity contribution is 6.37. The molecule has 1 aromatic heterocycles. The number of fused-ring (bicyclic) bond motifs is 22. The fourth-order valence-electron chi connectivity index (χ4n) is 14.5. The lowest BCUT2D eigenvalue weighted by molar-refractivity contribution is 1.18. The van der Waals surface area contributed by atoms with Crippen LogP contribution in [0.4, 0.5) is 0 Å². The van der Waals surface area contributed by atoms with Crippen LogP contribution < -0.4 is 0 Å². The second-order valence-corrected chi connectivity index (χ2v) is 22.6. The summed E-state index contributed by atoms with van der Waals surface area (Å²) in [6.07, 6.45) is 0. The SMILES string of the molecule is c1ccc(-c2cc3c4ccccc4c4cc5cc(-c6ccc7c8ccc(-c9ccc(-c%10cc%11c%12ccccc%12c%12c%13ccccc%13ccc%12c%11c%11ccccc%10%11)cc9)cc8n(-c8ccccc8)c7c6)ccc5cc4c3c3ccccc23)cc1. The Balaban J connectivity index is 0.759. The molecule has 0 amide bonds. The maximum absolute atomic E-state index is 2.46. The molecule has 17 aromatic carbocycles. The van der Waals surface area contributed by atoms with Crippen molar-refractivity contribution in [3.63, 3.8) is 0 Å². The van der Waals surface area contributed by atoms with E-state index in [0.29, 0.717) is 0 Å². The molecule has 0 unspecified atom stereocenters. The van der Waals surface area contributed by atoms with Gasteiger partial charge in [-0.1, -0.05) is 243 Å². The Bertz CT molecular complexity index is 5770. The van der Waals surface area contributed by atoms with Gasteiger partial charge in [0.05, 0.1) is 11.0 Å². The molecular formula is C82H49N. The molecule has 0 aliphatic heterocycles. The van der Waals surface area contributed by atoms with Crippen LogP contribution in [0.25, 0.3) is 180 Å². The van der Waals surface area contributed by atoms with Crippen LogP contribution in [0.2, 0.25) is 0 Å². The second kappa shape index (κ2) is 17.8. The van der Waals surface area contributed by atoms with E-state index < -0.39 is 0 Å². The van der Waals surface area contributed by atoms with E-state index in [1.807, 2.05) is 0 Å². The zero-order valence-corrected chi connectivity index (χ0v) is 45.2. The molecule has 1 heterocycles. The third kappa shape index (κ3) is 6.89. The average molecular weight is 1050 g/mol.